The molecule has 78 valence electrons. The van der Waals surface area contributed by atoms with Crippen LogP contribution in [0.5, 0.6) is 0 Å². The normalized spacial score (nSPS) is 19.6. The summed E-state index contributed by atoms with van der Waals surface area (Å²) < 4.78 is 10.4. The van der Waals surface area contributed by atoms with Gasteiger partial charge in [0.2, 0.25) is 0 Å². The Labute approximate surface area is 81.5 Å². The van der Waals surface area contributed by atoms with Gasteiger partial charge in [0.1, 0.15) is 0 Å². The molecule has 1 N–H and O–H groups in total. The Balaban J connectivity index is 2.09. The van der Waals surface area contributed by atoms with Crippen LogP contribution in [-0.4, -0.2) is 58.0 Å². The van der Waals surface area contributed by atoms with Crippen LogP contribution in [0.3, 0.4) is 0 Å². The first kappa shape index (κ1) is 11.3. The molecule has 0 aromatic heterocycles. The molecule has 0 unspecified atom stereocenters. The molecule has 0 amide bonds. The number of nitrogens with zero attached hydrogens (tertiary/aromatic N) is 1. The molecule has 0 aromatic rings. The Hall–Kier alpha value is 0.270. The summed E-state index contributed by atoms with van der Waals surface area (Å²) in [6.45, 7) is 5.61. The molecule has 4 nitrogen and oxygen atoms in total. The van der Waals surface area contributed by atoms with Crippen molar-refractivity contribution in [3.05, 3.63) is 0 Å². The highest BCUT2D eigenvalue weighted by molar-refractivity contribution is 7.47. The van der Waals surface area contributed by atoms with E-state index in [1.807, 2.05) is 0 Å². The van der Waals surface area contributed by atoms with Gasteiger partial charge in [-0.05, 0) is 0 Å². The maximum Gasteiger partial charge on any atom is 0.171 e. The average molecular weight is 206 g/mol. The van der Waals surface area contributed by atoms with Crippen molar-refractivity contribution in [3.63, 3.8) is 0 Å². The van der Waals surface area contributed by atoms with Crippen LogP contribution in [0.25, 0.3) is 0 Å². The molecule has 0 atom stereocenters. The smallest absolute Gasteiger partial charge is 0.171 e. The topological polar surface area (TPSA) is 33.7 Å². The highest BCUT2D eigenvalue weighted by Gasteiger charge is 2.12. The van der Waals surface area contributed by atoms with Crippen LogP contribution in [0.4, 0.5) is 0 Å². The minimum Gasteiger partial charge on any atom is -0.337 e. The van der Waals surface area contributed by atoms with E-state index in [0.29, 0.717) is 0 Å². The van der Waals surface area contributed by atoms with Crippen LogP contribution >= 0.6 is 8.38 Å². The summed E-state index contributed by atoms with van der Waals surface area (Å²) in [6, 6.07) is 0. The van der Waals surface area contributed by atoms with Crippen molar-refractivity contribution in [1.82, 2.24) is 10.2 Å². The fraction of sp³-hybridized carbons (Fsp3) is 1.00. The van der Waals surface area contributed by atoms with E-state index >= 15 is 0 Å². The van der Waals surface area contributed by atoms with Crippen LogP contribution in [0.15, 0.2) is 0 Å². The van der Waals surface area contributed by atoms with Crippen molar-refractivity contribution in [2.75, 3.05) is 53.1 Å². The first-order chi connectivity index (χ1) is 6.36. The highest BCUT2D eigenvalue weighted by atomic mass is 31.2. The predicted molar refractivity (Wildman–Crippen MR) is 55.1 cm³/mol. The van der Waals surface area contributed by atoms with E-state index < -0.39 is 8.38 Å². The lowest BCUT2D eigenvalue weighted by molar-refractivity contribution is 0.248. The standard InChI is InChI=1S/C8H19N2O2P/c1-11-13(12-2)8-7-10-5-3-9-4-6-10/h9H,3-8H2,1-2H3. The van der Waals surface area contributed by atoms with E-state index in [9.17, 15) is 0 Å². The zero-order valence-electron chi connectivity index (χ0n) is 8.45. The van der Waals surface area contributed by atoms with E-state index in [1.54, 1.807) is 14.2 Å². The van der Waals surface area contributed by atoms with Gasteiger partial charge >= 0.3 is 0 Å². The van der Waals surface area contributed by atoms with Crippen molar-refractivity contribution in [3.8, 4) is 0 Å². The van der Waals surface area contributed by atoms with Crippen LogP contribution in [-0.2, 0) is 9.05 Å². The predicted octanol–water partition coefficient (Wildman–Crippen LogP) is 0.496. The number of piperazine rings is 1. The molecule has 0 aromatic carbocycles. The second-order valence-electron chi connectivity index (χ2n) is 3.01. The largest absolute Gasteiger partial charge is 0.337 e. The fourth-order valence-corrected chi connectivity index (χ4v) is 2.38. The van der Waals surface area contributed by atoms with Crippen molar-refractivity contribution in [1.29, 1.82) is 0 Å². The summed E-state index contributed by atoms with van der Waals surface area (Å²) in [5.74, 6) is 0. The molecule has 1 aliphatic rings. The summed E-state index contributed by atoms with van der Waals surface area (Å²) in [5, 5.41) is 3.33. The molecule has 1 rings (SSSR count). The molecule has 0 saturated carbocycles. The zero-order chi connectivity index (χ0) is 9.52. The Bertz CT molecular complexity index is 127. The fourth-order valence-electron chi connectivity index (χ4n) is 1.41. The molecule has 0 aliphatic carbocycles. The van der Waals surface area contributed by atoms with Gasteiger partial charge < -0.3 is 19.3 Å². The number of hydrogen-bond donors (Lipinski definition) is 1. The Morgan fingerprint density at radius 2 is 1.85 bits per heavy atom. The lowest BCUT2D eigenvalue weighted by Crippen LogP contribution is -2.44. The van der Waals surface area contributed by atoms with Gasteiger partial charge in [0.15, 0.2) is 8.38 Å². The van der Waals surface area contributed by atoms with Crippen molar-refractivity contribution in [2.45, 2.75) is 0 Å². The second-order valence-corrected chi connectivity index (χ2v) is 4.86. The first-order valence-electron chi connectivity index (χ1n) is 4.65. The first-order valence-corrected chi connectivity index (χ1v) is 6.02. The van der Waals surface area contributed by atoms with Crippen LogP contribution in [0, 0.1) is 0 Å². The van der Waals surface area contributed by atoms with Crippen molar-refractivity contribution >= 4 is 8.38 Å². The van der Waals surface area contributed by atoms with Gasteiger partial charge in [0, 0.05) is 53.1 Å². The molecular weight excluding hydrogens is 187 g/mol. The zero-order valence-corrected chi connectivity index (χ0v) is 9.35. The SMILES string of the molecule is COP(CCN1CCNCC1)OC. The minimum atomic E-state index is -0.643. The van der Waals surface area contributed by atoms with E-state index in [2.05, 4.69) is 10.2 Å². The number of hydrogen-bond acceptors (Lipinski definition) is 4. The third-order valence-corrected chi connectivity index (χ3v) is 3.60. The Morgan fingerprint density at radius 3 is 2.38 bits per heavy atom. The maximum absolute atomic E-state index is 5.19. The molecule has 1 saturated heterocycles. The summed E-state index contributed by atoms with van der Waals surface area (Å²) in [4.78, 5) is 2.45. The van der Waals surface area contributed by atoms with E-state index in [1.165, 1.54) is 0 Å². The average Bonchev–Trinajstić information content (AvgIpc) is 2.21. The van der Waals surface area contributed by atoms with Gasteiger partial charge in [-0.15, -0.1) is 0 Å². The number of rotatable bonds is 5. The highest BCUT2D eigenvalue weighted by Crippen LogP contribution is 2.35. The van der Waals surface area contributed by atoms with Gasteiger partial charge in [0.05, 0.1) is 0 Å². The molecule has 1 aliphatic heterocycles. The molecule has 0 radical (unpaired) electrons. The molecule has 5 heteroatoms. The van der Waals surface area contributed by atoms with Gasteiger partial charge in [-0.25, -0.2) is 0 Å². The molecule has 0 bridgehead atoms. The molecule has 1 fully saturated rings. The van der Waals surface area contributed by atoms with Gasteiger partial charge in [-0.1, -0.05) is 0 Å². The van der Waals surface area contributed by atoms with E-state index in [4.69, 9.17) is 9.05 Å². The van der Waals surface area contributed by atoms with Gasteiger partial charge in [-0.2, -0.15) is 0 Å². The summed E-state index contributed by atoms with van der Waals surface area (Å²) in [6.07, 6.45) is 1.02. The Morgan fingerprint density at radius 1 is 1.23 bits per heavy atom. The number of nitrogens with one attached hydrogen (secondary N) is 1. The summed E-state index contributed by atoms with van der Waals surface area (Å²) in [7, 11) is 2.79. The van der Waals surface area contributed by atoms with Crippen LogP contribution in [0.2, 0.25) is 0 Å². The van der Waals surface area contributed by atoms with Gasteiger partial charge in [0.25, 0.3) is 0 Å². The second kappa shape index (κ2) is 6.68. The molecular formula is C8H19N2O2P. The molecule has 1 heterocycles. The Kier molecular flexibility index (Phi) is 5.83. The van der Waals surface area contributed by atoms with Gasteiger partial charge in [-0.3, -0.25) is 0 Å². The quantitative estimate of drug-likeness (QED) is 0.664. The monoisotopic (exact) mass is 206 g/mol. The van der Waals surface area contributed by atoms with Crippen LogP contribution < -0.4 is 5.32 Å². The molecule has 13 heavy (non-hydrogen) atoms. The molecule has 0 spiro atoms. The lowest BCUT2D eigenvalue weighted by atomic mass is 10.4. The summed E-state index contributed by atoms with van der Waals surface area (Å²) >= 11 is 0. The minimum absolute atomic E-state index is 0.643. The van der Waals surface area contributed by atoms with E-state index in [0.717, 1.165) is 38.9 Å². The lowest BCUT2D eigenvalue weighted by Gasteiger charge is -2.27. The third-order valence-electron chi connectivity index (χ3n) is 2.22. The third kappa shape index (κ3) is 4.34. The maximum atomic E-state index is 5.19. The van der Waals surface area contributed by atoms with E-state index in [-0.39, 0.29) is 0 Å². The van der Waals surface area contributed by atoms with Crippen LogP contribution in [0.1, 0.15) is 0 Å². The summed E-state index contributed by atoms with van der Waals surface area (Å²) in [5.41, 5.74) is 0. The van der Waals surface area contributed by atoms with Crippen molar-refractivity contribution < 1.29 is 9.05 Å². The van der Waals surface area contributed by atoms with Crippen molar-refractivity contribution in [2.24, 2.45) is 0 Å².